The van der Waals surface area contributed by atoms with Gasteiger partial charge in [-0.2, -0.15) is 0 Å². The summed E-state index contributed by atoms with van der Waals surface area (Å²) in [5.41, 5.74) is 6.17. The van der Waals surface area contributed by atoms with Gasteiger partial charge in [0.1, 0.15) is 0 Å². The molecule has 3 aromatic rings. The van der Waals surface area contributed by atoms with Crippen LogP contribution in [0.5, 0.6) is 0 Å². The second kappa shape index (κ2) is 10.3. The summed E-state index contributed by atoms with van der Waals surface area (Å²) >= 11 is 0. The van der Waals surface area contributed by atoms with Crippen molar-refractivity contribution in [3.63, 3.8) is 0 Å². The van der Waals surface area contributed by atoms with Crippen LogP contribution in [0.2, 0.25) is 0 Å². The summed E-state index contributed by atoms with van der Waals surface area (Å²) in [7, 11) is 0. The van der Waals surface area contributed by atoms with Crippen LogP contribution in [-0.2, 0) is 6.42 Å². The summed E-state index contributed by atoms with van der Waals surface area (Å²) in [5, 5.41) is 0. The molecule has 2 nitrogen and oxygen atoms in total. The van der Waals surface area contributed by atoms with E-state index >= 15 is 0 Å². The molecule has 0 N–H and O–H groups in total. The Labute approximate surface area is 172 Å². The Kier molecular flexibility index (Phi) is 7.30. The molecule has 3 rings (SSSR count). The second-order valence-corrected chi connectivity index (χ2v) is 7.02. The number of halogens is 1. The van der Waals surface area contributed by atoms with E-state index in [1.54, 1.807) is 25.5 Å². The molecule has 0 aliphatic rings. The Morgan fingerprint density at radius 1 is 1.10 bits per heavy atom. The number of rotatable bonds is 7. The summed E-state index contributed by atoms with van der Waals surface area (Å²) in [6.07, 6.45) is 9.12. The average molecular weight is 384 g/mol. The second-order valence-electron chi connectivity index (χ2n) is 7.02. The van der Waals surface area contributed by atoms with E-state index in [1.807, 2.05) is 18.2 Å². The van der Waals surface area contributed by atoms with Gasteiger partial charge < -0.3 is 0 Å². The van der Waals surface area contributed by atoms with E-state index in [-0.39, 0.29) is 0 Å². The van der Waals surface area contributed by atoms with Crippen LogP contribution < -0.4 is 0 Å². The van der Waals surface area contributed by atoms with Crippen LogP contribution in [0.25, 0.3) is 22.4 Å². The van der Waals surface area contributed by atoms with Crippen LogP contribution in [0.15, 0.2) is 73.7 Å². The monoisotopic (exact) mass is 384 g/mol. The first-order valence-electron chi connectivity index (χ1n) is 9.91. The van der Waals surface area contributed by atoms with Crippen molar-refractivity contribution in [1.82, 2.24) is 9.97 Å². The molecule has 1 unspecified atom stereocenters. The first-order valence-corrected chi connectivity index (χ1v) is 9.91. The summed E-state index contributed by atoms with van der Waals surface area (Å²) < 4.78 is 13.0. The number of hydrogen-bond donors (Lipinski definition) is 0. The zero-order chi connectivity index (χ0) is 20.5. The summed E-state index contributed by atoms with van der Waals surface area (Å²) in [5.74, 6) is 6.48. The molecule has 0 amide bonds. The fraction of sp³-hybridized carbons (Fsp3) is 0.231. The Morgan fingerprint density at radius 2 is 1.90 bits per heavy atom. The van der Waals surface area contributed by atoms with Crippen molar-refractivity contribution < 1.29 is 4.39 Å². The largest absolute Gasteiger partial charge is 0.261 e. The number of alkyl halides is 1. The van der Waals surface area contributed by atoms with Gasteiger partial charge in [0, 0.05) is 29.9 Å². The van der Waals surface area contributed by atoms with E-state index in [0.29, 0.717) is 12.8 Å². The van der Waals surface area contributed by atoms with Gasteiger partial charge in [0.25, 0.3) is 0 Å². The third kappa shape index (κ3) is 5.86. The standard InChI is InChI=1S/C26H25FN2/c1-3-7-21-10-12-23(13-11-21)25-18-24(26-19-28-16-17-29-26)15-14-22(25)9-6-4-5-8-20(2)27/h3,10-20H,1,4-5,7-8H2,2H3. The van der Waals surface area contributed by atoms with Crippen LogP contribution in [-0.4, -0.2) is 16.1 Å². The molecule has 0 fully saturated rings. The molecule has 0 radical (unpaired) electrons. The minimum absolute atomic E-state index is 0.553. The number of allylic oxidation sites excluding steroid dienone is 1. The maximum Gasteiger partial charge on any atom is 0.0973 e. The number of aromatic nitrogens is 2. The van der Waals surface area contributed by atoms with Crippen molar-refractivity contribution in [1.29, 1.82) is 0 Å². The van der Waals surface area contributed by atoms with Crippen LogP contribution in [0.1, 0.15) is 37.3 Å². The van der Waals surface area contributed by atoms with E-state index in [4.69, 9.17) is 0 Å². The van der Waals surface area contributed by atoms with Gasteiger partial charge in [-0.1, -0.05) is 48.2 Å². The maximum atomic E-state index is 13.0. The van der Waals surface area contributed by atoms with Gasteiger partial charge in [-0.3, -0.25) is 9.97 Å². The molecule has 1 atom stereocenters. The molecule has 0 saturated carbocycles. The van der Waals surface area contributed by atoms with E-state index in [1.165, 1.54) is 5.56 Å². The minimum atomic E-state index is -0.771. The third-order valence-electron chi connectivity index (χ3n) is 4.65. The predicted octanol–water partition coefficient (Wildman–Crippen LogP) is 6.42. The van der Waals surface area contributed by atoms with Crippen molar-refractivity contribution >= 4 is 0 Å². The van der Waals surface area contributed by atoms with E-state index in [2.05, 4.69) is 58.7 Å². The van der Waals surface area contributed by atoms with Crippen molar-refractivity contribution in [3.8, 4) is 34.2 Å². The highest BCUT2D eigenvalue weighted by Crippen LogP contribution is 2.29. The lowest BCUT2D eigenvalue weighted by molar-refractivity contribution is 0.336. The molecule has 29 heavy (non-hydrogen) atoms. The smallest absolute Gasteiger partial charge is 0.0973 e. The predicted molar refractivity (Wildman–Crippen MR) is 118 cm³/mol. The van der Waals surface area contributed by atoms with Crippen LogP contribution in [0.4, 0.5) is 4.39 Å². The van der Waals surface area contributed by atoms with Crippen molar-refractivity contribution in [2.75, 3.05) is 0 Å². The number of hydrogen-bond acceptors (Lipinski definition) is 2. The zero-order valence-electron chi connectivity index (χ0n) is 16.7. The number of nitrogens with zero attached hydrogens (tertiary/aromatic N) is 2. The lowest BCUT2D eigenvalue weighted by atomic mass is 9.95. The van der Waals surface area contributed by atoms with Gasteiger partial charge >= 0.3 is 0 Å². The third-order valence-corrected chi connectivity index (χ3v) is 4.65. The van der Waals surface area contributed by atoms with Crippen molar-refractivity contribution in [3.05, 3.63) is 84.8 Å². The maximum absolute atomic E-state index is 13.0. The SMILES string of the molecule is C=CCc1ccc(-c2cc(-c3cnccn3)ccc2C#CCCCC(C)F)cc1. The quantitative estimate of drug-likeness (QED) is 0.267. The molecule has 0 aliphatic carbocycles. The first-order chi connectivity index (χ1) is 14.2. The van der Waals surface area contributed by atoms with Crippen LogP contribution in [0.3, 0.4) is 0 Å². The molecule has 0 aliphatic heterocycles. The van der Waals surface area contributed by atoms with Gasteiger partial charge in [0.05, 0.1) is 18.1 Å². The molecule has 0 spiro atoms. The van der Waals surface area contributed by atoms with E-state index in [0.717, 1.165) is 40.8 Å². The van der Waals surface area contributed by atoms with Crippen molar-refractivity contribution in [2.24, 2.45) is 0 Å². The molecule has 146 valence electrons. The molecular formula is C26H25FN2. The molecule has 1 aromatic heterocycles. The van der Waals surface area contributed by atoms with Gasteiger partial charge in [-0.15, -0.1) is 6.58 Å². The molecule has 1 heterocycles. The highest BCUT2D eigenvalue weighted by Gasteiger charge is 2.08. The minimum Gasteiger partial charge on any atom is -0.261 e. The van der Waals surface area contributed by atoms with E-state index < -0.39 is 6.17 Å². The Hall–Kier alpha value is -3.25. The topological polar surface area (TPSA) is 25.8 Å². The molecule has 2 aromatic carbocycles. The number of benzene rings is 2. The van der Waals surface area contributed by atoms with Gasteiger partial charge in [0.15, 0.2) is 0 Å². The van der Waals surface area contributed by atoms with Gasteiger partial charge in [0.2, 0.25) is 0 Å². The average Bonchev–Trinajstić information content (AvgIpc) is 2.75. The summed E-state index contributed by atoms with van der Waals surface area (Å²) in [6.45, 7) is 5.39. The highest BCUT2D eigenvalue weighted by atomic mass is 19.1. The Morgan fingerprint density at radius 3 is 2.59 bits per heavy atom. The first kappa shape index (κ1) is 20.5. The highest BCUT2D eigenvalue weighted by molar-refractivity contribution is 5.77. The fourth-order valence-corrected chi connectivity index (χ4v) is 3.12. The molecule has 3 heteroatoms. The fourth-order valence-electron chi connectivity index (χ4n) is 3.12. The van der Waals surface area contributed by atoms with Gasteiger partial charge in [-0.25, -0.2) is 4.39 Å². The molecule has 0 saturated heterocycles. The molecular weight excluding hydrogens is 359 g/mol. The van der Waals surface area contributed by atoms with Crippen molar-refractivity contribution in [2.45, 2.75) is 38.8 Å². The Bertz CT molecular complexity index is 996. The number of unbranched alkanes of at least 4 members (excludes halogenated alkanes) is 1. The lowest BCUT2D eigenvalue weighted by Gasteiger charge is -2.09. The van der Waals surface area contributed by atoms with Gasteiger partial charge in [-0.05, 0) is 55.0 Å². The lowest BCUT2D eigenvalue weighted by Crippen LogP contribution is -1.91. The molecule has 0 bridgehead atoms. The van der Waals surface area contributed by atoms with Crippen LogP contribution >= 0.6 is 0 Å². The summed E-state index contributed by atoms with van der Waals surface area (Å²) in [4.78, 5) is 8.58. The normalized spacial score (nSPS) is 11.4. The zero-order valence-corrected chi connectivity index (χ0v) is 16.7. The van der Waals surface area contributed by atoms with Crippen LogP contribution in [0, 0.1) is 11.8 Å². The van der Waals surface area contributed by atoms with E-state index in [9.17, 15) is 4.39 Å². The summed E-state index contributed by atoms with van der Waals surface area (Å²) in [6, 6.07) is 14.6. The Balaban J connectivity index is 1.94.